The molecular weight excluding hydrogens is 366 g/mol. The molecule has 0 fully saturated rings. The Hall–Kier alpha value is -2.80. The van der Waals surface area contributed by atoms with Crippen LogP contribution in [-0.4, -0.2) is 33.3 Å². The summed E-state index contributed by atoms with van der Waals surface area (Å²) in [6.45, 7) is 5.45. The lowest BCUT2D eigenvalue weighted by Gasteiger charge is -2.25. The molecule has 142 valence electrons. The van der Waals surface area contributed by atoms with E-state index in [4.69, 9.17) is 22.1 Å². The average Bonchev–Trinajstić information content (AvgIpc) is 2.94. The Bertz CT molecular complexity index is 1020. The van der Waals surface area contributed by atoms with Gasteiger partial charge in [0, 0.05) is 25.3 Å². The van der Waals surface area contributed by atoms with Crippen molar-refractivity contribution >= 4 is 40.1 Å². The minimum Gasteiger partial charge on any atom is -0.443 e. The zero-order chi connectivity index (χ0) is 19.9. The van der Waals surface area contributed by atoms with Gasteiger partial charge in [-0.05, 0) is 39.0 Å². The number of benzene rings is 1. The van der Waals surface area contributed by atoms with Gasteiger partial charge in [0.2, 0.25) is 0 Å². The van der Waals surface area contributed by atoms with Gasteiger partial charge in [-0.2, -0.15) is 0 Å². The molecule has 1 amide bonds. The normalized spacial score (nSPS) is 11.6. The molecule has 0 bridgehead atoms. The number of nitrogen functional groups attached to an aromatic ring is 1. The quantitative estimate of drug-likeness (QED) is 0.525. The summed E-state index contributed by atoms with van der Waals surface area (Å²) in [4.78, 5) is 22.8. The lowest BCUT2D eigenvalue weighted by molar-refractivity contribution is 0.0589. The first-order valence-electron chi connectivity index (χ1n) is 8.41. The van der Waals surface area contributed by atoms with Gasteiger partial charge in [-0.1, -0.05) is 17.7 Å². The first-order valence-corrected chi connectivity index (χ1v) is 8.79. The van der Waals surface area contributed by atoms with Gasteiger partial charge in [0.25, 0.3) is 0 Å². The standard InChI is InChI=1S/C19H22ClN5O2/c1-19(2,3)27-18(26)25(5)13-9-11(21)15(12-7-6-8-14(20)23-12)17-16(13)22-10-24(17)4/h6-10H,21H2,1-5H3. The minimum atomic E-state index is -0.606. The van der Waals surface area contributed by atoms with E-state index in [9.17, 15) is 4.79 Å². The zero-order valence-corrected chi connectivity index (χ0v) is 16.7. The molecule has 1 aromatic carbocycles. The topological polar surface area (TPSA) is 86.3 Å². The molecule has 0 saturated heterocycles. The second kappa shape index (κ2) is 6.74. The number of imidazole rings is 1. The van der Waals surface area contributed by atoms with Crippen LogP contribution in [0.25, 0.3) is 22.3 Å². The predicted octanol–water partition coefficient (Wildman–Crippen LogP) is 4.24. The number of fused-ring (bicyclic) bond motifs is 1. The highest BCUT2D eigenvalue weighted by Crippen LogP contribution is 2.38. The van der Waals surface area contributed by atoms with Crippen molar-refractivity contribution in [2.45, 2.75) is 26.4 Å². The largest absolute Gasteiger partial charge is 0.443 e. The van der Waals surface area contributed by atoms with Crippen LogP contribution < -0.4 is 10.6 Å². The number of aryl methyl sites for hydroxylation is 1. The SMILES string of the molecule is CN(C(=O)OC(C)(C)C)c1cc(N)c(-c2cccc(Cl)n2)c2c1ncn2C. The Labute approximate surface area is 162 Å². The summed E-state index contributed by atoms with van der Waals surface area (Å²) >= 11 is 6.05. The van der Waals surface area contributed by atoms with E-state index in [1.165, 1.54) is 4.90 Å². The molecule has 0 aliphatic carbocycles. The number of aromatic nitrogens is 3. The number of nitrogens with zero attached hydrogens (tertiary/aromatic N) is 4. The molecule has 27 heavy (non-hydrogen) atoms. The molecule has 0 saturated carbocycles. The van der Waals surface area contributed by atoms with E-state index < -0.39 is 11.7 Å². The van der Waals surface area contributed by atoms with Crippen LogP contribution in [0.4, 0.5) is 16.2 Å². The first-order chi connectivity index (χ1) is 12.6. The van der Waals surface area contributed by atoms with Gasteiger partial charge < -0.3 is 15.0 Å². The maximum Gasteiger partial charge on any atom is 0.414 e. The number of ether oxygens (including phenoxy) is 1. The van der Waals surface area contributed by atoms with Crippen LogP contribution in [0.3, 0.4) is 0 Å². The van der Waals surface area contributed by atoms with Crippen LogP contribution in [0.15, 0.2) is 30.6 Å². The van der Waals surface area contributed by atoms with E-state index in [1.807, 2.05) is 44.5 Å². The van der Waals surface area contributed by atoms with E-state index in [0.717, 1.165) is 5.52 Å². The molecule has 0 unspecified atom stereocenters. The van der Waals surface area contributed by atoms with Crippen molar-refractivity contribution in [2.24, 2.45) is 7.05 Å². The highest BCUT2D eigenvalue weighted by Gasteiger charge is 2.25. The van der Waals surface area contributed by atoms with Crippen molar-refractivity contribution in [1.29, 1.82) is 0 Å². The second-order valence-electron chi connectivity index (χ2n) is 7.30. The van der Waals surface area contributed by atoms with E-state index in [1.54, 1.807) is 25.5 Å². The third kappa shape index (κ3) is 3.68. The molecule has 0 aliphatic heterocycles. The number of hydrogen-bond donors (Lipinski definition) is 1. The summed E-state index contributed by atoms with van der Waals surface area (Å²) < 4.78 is 7.31. The Kier molecular flexibility index (Phi) is 4.73. The molecule has 3 aromatic rings. The summed E-state index contributed by atoms with van der Waals surface area (Å²) in [5.74, 6) is 0. The second-order valence-corrected chi connectivity index (χ2v) is 7.68. The van der Waals surface area contributed by atoms with Gasteiger partial charge in [0.05, 0.1) is 23.2 Å². The van der Waals surface area contributed by atoms with Crippen LogP contribution in [0.2, 0.25) is 5.15 Å². The fourth-order valence-corrected chi connectivity index (χ4v) is 3.00. The van der Waals surface area contributed by atoms with Crippen molar-refractivity contribution in [1.82, 2.24) is 14.5 Å². The predicted molar refractivity (Wildman–Crippen MR) is 108 cm³/mol. The number of rotatable bonds is 2. The highest BCUT2D eigenvalue weighted by atomic mass is 35.5. The number of pyridine rings is 1. The number of carbonyl (C=O) groups excluding carboxylic acids is 1. The van der Waals surface area contributed by atoms with Gasteiger partial charge in [0.15, 0.2) is 0 Å². The summed E-state index contributed by atoms with van der Waals surface area (Å²) in [7, 11) is 3.49. The van der Waals surface area contributed by atoms with Crippen LogP contribution in [0, 0.1) is 0 Å². The zero-order valence-electron chi connectivity index (χ0n) is 15.9. The molecule has 0 radical (unpaired) electrons. The Morgan fingerprint density at radius 2 is 2.04 bits per heavy atom. The summed E-state index contributed by atoms with van der Waals surface area (Å²) in [6.07, 6.45) is 1.19. The average molecular weight is 388 g/mol. The fourth-order valence-electron chi connectivity index (χ4n) is 2.84. The van der Waals surface area contributed by atoms with Gasteiger partial charge in [-0.15, -0.1) is 0 Å². The third-order valence-electron chi connectivity index (χ3n) is 4.00. The van der Waals surface area contributed by atoms with Crippen LogP contribution in [0.5, 0.6) is 0 Å². The van der Waals surface area contributed by atoms with Crippen molar-refractivity contribution in [3.63, 3.8) is 0 Å². The number of hydrogen-bond acceptors (Lipinski definition) is 5. The molecule has 2 aromatic heterocycles. The number of halogens is 1. The van der Waals surface area contributed by atoms with Crippen LogP contribution in [-0.2, 0) is 11.8 Å². The molecule has 8 heteroatoms. The number of carbonyl (C=O) groups is 1. The Balaban J connectivity index is 2.19. The number of nitrogens with two attached hydrogens (primary N) is 1. The van der Waals surface area contributed by atoms with E-state index in [-0.39, 0.29) is 0 Å². The highest BCUT2D eigenvalue weighted by molar-refractivity contribution is 6.29. The third-order valence-corrected chi connectivity index (χ3v) is 4.21. The number of amides is 1. The van der Waals surface area contributed by atoms with Gasteiger partial charge in [-0.25, -0.2) is 14.8 Å². The molecule has 3 rings (SSSR count). The van der Waals surface area contributed by atoms with Crippen molar-refractivity contribution in [3.8, 4) is 11.3 Å². The Morgan fingerprint density at radius 3 is 2.67 bits per heavy atom. The van der Waals surface area contributed by atoms with Crippen LogP contribution in [0.1, 0.15) is 20.8 Å². The maximum absolute atomic E-state index is 12.5. The molecule has 7 nitrogen and oxygen atoms in total. The lowest BCUT2D eigenvalue weighted by atomic mass is 10.0. The monoisotopic (exact) mass is 387 g/mol. The van der Waals surface area contributed by atoms with Crippen molar-refractivity contribution < 1.29 is 9.53 Å². The summed E-state index contributed by atoms with van der Waals surface area (Å²) in [6, 6.07) is 7.05. The van der Waals surface area contributed by atoms with E-state index in [0.29, 0.717) is 33.3 Å². The molecular formula is C19H22ClN5O2. The molecule has 2 heterocycles. The van der Waals surface area contributed by atoms with E-state index >= 15 is 0 Å². The lowest BCUT2D eigenvalue weighted by Crippen LogP contribution is -2.34. The van der Waals surface area contributed by atoms with Crippen molar-refractivity contribution in [2.75, 3.05) is 17.7 Å². The summed E-state index contributed by atoms with van der Waals surface area (Å²) in [5.41, 5.74) is 9.51. The molecule has 0 atom stereocenters. The van der Waals surface area contributed by atoms with E-state index in [2.05, 4.69) is 9.97 Å². The molecule has 0 aliphatic rings. The smallest absolute Gasteiger partial charge is 0.414 e. The van der Waals surface area contributed by atoms with Crippen LogP contribution >= 0.6 is 11.6 Å². The van der Waals surface area contributed by atoms with Gasteiger partial charge in [0.1, 0.15) is 16.3 Å². The van der Waals surface area contributed by atoms with Gasteiger partial charge in [-0.3, -0.25) is 4.90 Å². The Morgan fingerprint density at radius 1 is 1.33 bits per heavy atom. The molecule has 2 N–H and O–H groups in total. The number of anilines is 2. The molecule has 0 spiro atoms. The first kappa shape index (κ1) is 19.0. The maximum atomic E-state index is 12.5. The minimum absolute atomic E-state index is 0.372. The van der Waals surface area contributed by atoms with Gasteiger partial charge >= 0.3 is 6.09 Å². The van der Waals surface area contributed by atoms with Crippen molar-refractivity contribution in [3.05, 3.63) is 35.7 Å². The summed E-state index contributed by atoms with van der Waals surface area (Å²) in [5, 5.41) is 0.372. The fraction of sp³-hybridized carbons (Fsp3) is 0.316.